The Morgan fingerprint density at radius 3 is 2.76 bits per heavy atom. The molecule has 2 heteroatoms. The quantitative estimate of drug-likeness (QED) is 0.833. The van der Waals surface area contributed by atoms with Gasteiger partial charge in [-0.3, -0.25) is 0 Å². The zero-order valence-corrected chi connectivity index (χ0v) is 11.1. The van der Waals surface area contributed by atoms with Gasteiger partial charge in [-0.15, -0.1) is 0 Å². The summed E-state index contributed by atoms with van der Waals surface area (Å²) < 4.78 is 0. The van der Waals surface area contributed by atoms with E-state index in [-0.39, 0.29) is 0 Å². The molecule has 2 rings (SSSR count). The number of hydrogen-bond donors (Lipinski definition) is 2. The van der Waals surface area contributed by atoms with Crippen LogP contribution < -0.4 is 10.6 Å². The molecule has 0 unspecified atom stereocenters. The van der Waals surface area contributed by atoms with Crippen LogP contribution in [0.25, 0.3) is 0 Å². The van der Waals surface area contributed by atoms with E-state index < -0.39 is 0 Å². The molecule has 1 fully saturated rings. The minimum absolute atomic E-state index is 0.862. The topological polar surface area (TPSA) is 24.1 Å². The van der Waals surface area contributed by atoms with Crippen LogP contribution >= 0.6 is 0 Å². The molecule has 1 aromatic carbocycles. The summed E-state index contributed by atoms with van der Waals surface area (Å²) in [5, 5.41) is 7.02. The van der Waals surface area contributed by atoms with Gasteiger partial charge in [0.25, 0.3) is 0 Å². The number of benzene rings is 1. The molecule has 1 aromatic rings. The number of nitrogens with one attached hydrogen (secondary N) is 2. The number of rotatable bonds is 4. The second kappa shape index (κ2) is 6.18. The van der Waals surface area contributed by atoms with Crippen molar-refractivity contribution in [3.63, 3.8) is 0 Å². The van der Waals surface area contributed by atoms with Crippen LogP contribution in [0.15, 0.2) is 18.2 Å². The highest BCUT2D eigenvalue weighted by Crippen LogP contribution is 2.12. The largest absolute Gasteiger partial charge is 0.317 e. The van der Waals surface area contributed by atoms with Gasteiger partial charge in [0.05, 0.1) is 0 Å². The molecule has 0 amide bonds. The summed E-state index contributed by atoms with van der Waals surface area (Å²) in [6.45, 7) is 8.91. The molecule has 1 aliphatic rings. The summed E-state index contributed by atoms with van der Waals surface area (Å²) in [6, 6.07) is 6.70. The van der Waals surface area contributed by atoms with Crippen LogP contribution in [0.1, 0.15) is 29.5 Å². The Labute approximate surface area is 105 Å². The molecule has 1 saturated heterocycles. The normalized spacial score (nSPS) is 17.3. The lowest BCUT2D eigenvalue weighted by Crippen LogP contribution is -2.33. The first-order valence-electron chi connectivity index (χ1n) is 6.73. The highest BCUT2D eigenvalue weighted by molar-refractivity contribution is 5.30. The molecular formula is C15H24N2. The average molecular weight is 232 g/mol. The van der Waals surface area contributed by atoms with Gasteiger partial charge in [0.15, 0.2) is 0 Å². The van der Waals surface area contributed by atoms with E-state index in [1.54, 1.807) is 0 Å². The van der Waals surface area contributed by atoms with Gasteiger partial charge >= 0.3 is 0 Å². The van der Waals surface area contributed by atoms with Gasteiger partial charge < -0.3 is 10.6 Å². The summed E-state index contributed by atoms with van der Waals surface area (Å²) >= 11 is 0. The van der Waals surface area contributed by atoms with Gasteiger partial charge in [0, 0.05) is 6.54 Å². The molecule has 0 bridgehead atoms. The molecule has 0 saturated carbocycles. The standard InChI is InChI=1S/C15H24N2/c1-12-3-4-13(2)15(9-12)11-17-10-14-5-7-16-8-6-14/h3-4,9,14,16-17H,5-8,10-11H2,1-2H3. The monoisotopic (exact) mass is 232 g/mol. The smallest absolute Gasteiger partial charge is 0.0208 e. The van der Waals surface area contributed by atoms with Gasteiger partial charge in [0.2, 0.25) is 0 Å². The zero-order chi connectivity index (χ0) is 12.1. The Morgan fingerprint density at radius 1 is 1.24 bits per heavy atom. The molecule has 2 N–H and O–H groups in total. The van der Waals surface area contributed by atoms with Crippen molar-refractivity contribution in [2.45, 2.75) is 33.2 Å². The Hall–Kier alpha value is -0.860. The van der Waals surface area contributed by atoms with Crippen molar-refractivity contribution in [1.82, 2.24) is 10.6 Å². The SMILES string of the molecule is Cc1ccc(C)c(CNCC2CCNCC2)c1. The van der Waals surface area contributed by atoms with E-state index in [1.807, 2.05) is 0 Å². The van der Waals surface area contributed by atoms with Crippen LogP contribution in [0, 0.1) is 19.8 Å². The van der Waals surface area contributed by atoms with Crippen LogP contribution in [0.3, 0.4) is 0 Å². The first kappa shape index (κ1) is 12.6. The molecule has 0 spiro atoms. The van der Waals surface area contributed by atoms with E-state index >= 15 is 0 Å². The van der Waals surface area contributed by atoms with Gasteiger partial charge in [-0.2, -0.15) is 0 Å². The fourth-order valence-corrected chi connectivity index (χ4v) is 2.49. The van der Waals surface area contributed by atoms with Crippen molar-refractivity contribution in [2.75, 3.05) is 19.6 Å². The summed E-state index contributed by atoms with van der Waals surface area (Å²) in [6.07, 6.45) is 2.64. The van der Waals surface area contributed by atoms with E-state index in [0.29, 0.717) is 0 Å². The fraction of sp³-hybridized carbons (Fsp3) is 0.600. The molecule has 0 radical (unpaired) electrons. The third-order valence-electron chi connectivity index (χ3n) is 3.71. The van der Waals surface area contributed by atoms with Crippen LogP contribution in [-0.4, -0.2) is 19.6 Å². The van der Waals surface area contributed by atoms with E-state index in [4.69, 9.17) is 0 Å². The molecule has 2 nitrogen and oxygen atoms in total. The van der Waals surface area contributed by atoms with Crippen molar-refractivity contribution >= 4 is 0 Å². The highest BCUT2D eigenvalue weighted by Gasteiger charge is 2.12. The van der Waals surface area contributed by atoms with Crippen molar-refractivity contribution in [3.8, 4) is 0 Å². The van der Waals surface area contributed by atoms with Crippen molar-refractivity contribution in [1.29, 1.82) is 0 Å². The van der Waals surface area contributed by atoms with Crippen LogP contribution in [0.4, 0.5) is 0 Å². The molecular weight excluding hydrogens is 208 g/mol. The number of hydrogen-bond acceptors (Lipinski definition) is 2. The van der Waals surface area contributed by atoms with Gasteiger partial charge in [-0.05, 0) is 63.4 Å². The predicted molar refractivity (Wildman–Crippen MR) is 73.2 cm³/mol. The number of aryl methyl sites for hydroxylation is 2. The highest BCUT2D eigenvalue weighted by atomic mass is 14.9. The summed E-state index contributed by atoms with van der Waals surface area (Å²) in [4.78, 5) is 0. The lowest BCUT2D eigenvalue weighted by atomic mass is 9.98. The minimum Gasteiger partial charge on any atom is -0.317 e. The molecule has 0 atom stereocenters. The molecule has 94 valence electrons. The fourth-order valence-electron chi connectivity index (χ4n) is 2.49. The van der Waals surface area contributed by atoms with E-state index in [0.717, 1.165) is 19.0 Å². The van der Waals surface area contributed by atoms with E-state index in [1.165, 1.54) is 42.6 Å². The van der Waals surface area contributed by atoms with Gasteiger partial charge in [0.1, 0.15) is 0 Å². The van der Waals surface area contributed by atoms with Crippen LogP contribution in [-0.2, 0) is 6.54 Å². The van der Waals surface area contributed by atoms with Crippen molar-refractivity contribution < 1.29 is 0 Å². The predicted octanol–water partition coefficient (Wildman–Crippen LogP) is 2.39. The Morgan fingerprint density at radius 2 is 2.00 bits per heavy atom. The van der Waals surface area contributed by atoms with Gasteiger partial charge in [-0.1, -0.05) is 23.8 Å². The third-order valence-corrected chi connectivity index (χ3v) is 3.71. The van der Waals surface area contributed by atoms with Crippen molar-refractivity contribution in [2.24, 2.45) is 5.92 Å². The van der Waals surface area contributed by atoms with E-state index in [9.17, 15) is 0 Å². The maximum absolute atomic E-state index is 3.61. The summed E-state index contributed by atoms with van der Waals surface area (Å²) in [5.41, 5.74) is 4.20. The lowest BCUT2D eigenvalue weighted by Gasteiger charge is -2.23. The van der Waals surface area contributed by atoms with Crippen molar-refractivity contribution in [3.05, 3.63) is 34.9 Å². The Balaban J connectivity index is 1.79. The minimum atomic E-state index is 0.862. The maximum atomic E-state index is 3.61. The number of piperidine rings is 1. The molecule has 1 heterocycles. The van der Waals surface area contributed by atoms with Crippen LogP contribution in [0.5, 0.6) is 0 Å². The van der Waals surface area contributed by atoms with Crippen LogP contribution in [0.2, 0.25) is 0 Å². The van der Waals surface area contributed by atoms with E-state index in [2.05, 4.69) is 42.7 Å². The lowest BCUT2D eigenvalue weighted by molar-refractivity contribution is 0.356. The first-order valence-corrected chi connectivity index (χ1v) is 6.73. The molecule has 17 heavy (non-hydrogen) atoms. The zero-order valence-electron chi connectivity index (χ0n) is 11.1. The maximum Gasteiger partial charge on any atom is 0.0208 e. The second-order valence-electron chi connectivity index (χ2n) is 5.25. The second-order valence-corrected chi connectivity index (χ2v) is 5.25. The molecule has 0 aromatic heterocycles. The summed E-state index contributed by atoms with van der Waals surface area (Å²) in [5.74, 6) is 0.862. The average Bonchev–Trinajstić information content (AvgIpc) is 2.35. The molecule has 1 aliphatic heterocycles. The first-order chi connectivity index (χ1) is 8.25. The summed E-state index contributed by atoms with van der Waals surface area (Å²) in [7, 11) is 0. The van der Waals surface area contributed by atoms with Gasteiger partial charge in [-0.25, -0.2) is 0 Å². The Kier molecular flexibility index (Phi) is 4.57. The Bertz CT molecular complexity index is 354. The third kappa shape index (κ3) is 3.83. The molecule has 0 aliphatic carbocycles.